The molecule has 3 heteroatoms. The quantitative estimate of drug-likeness (QED) is 0.870. The Hall–Kier alpha value is -0.900. The lowest BCUT2D eigenvalue weighted by atomic mass is 10.1. The van der Waals surface area contributed by atoms with E-state index in [0.29, 0.717) is 6.04 Å². The van der Waals surface area contributed by atoms with Crippen molar-refractivity contribution in [1.29, 1.82) is 0 Å². The molecule has 2 unspecified atom stereocenters. The van der Waals surface area contributed by atoms with Gasteiger partial charge in [-0.2, -0.15) is 0 Å². The summed E-state index contributed by atoms with van der Waals surface area (Å²) >= 11 is 0. The number of likely N-dealkylation sites (tertiary alicyclic amines) is 2. The van der Waals surface area contributed by atoms with Gasteiger partial charge >= 0.3 is 0 Å². The summed E-state index contributed by atoms with van der Waals surface area (Å²) in [4.78, 5) is 5.27. The molecular formula is C18H29N3. The van der Waals surface area contributed by atoms with Gasteiger partial charge in [0.1, 0.15) is 0 Å². The molecule has 2 atom stereocenters. The van der Waals surface area contributed by atoms with Gasteiger partial charge in [-0.15, -0.1) is 0 Å². The summed E-state index contributed by atoms with van der Waals surface area (Å²) in [5.41, 5.74) is 7.75. The Morgan fingerprint density at radius 3 is 2.62 bits per heavy atom. The fourth-order valence-electron chi connectivity index (χ4n) is 3.80. The van der Waals surface area contributed by atoms with Gasteiger partial charge in [0.15, 0.2) is 0 Å². The second-order valence-electron chi connectivity index (χ2n) is 6.73. The highest BCUT2D eigenvalue weighted by Gasteiger charge is 2.29. The molecule has 0 spiro atoms. The maximum absolute atomic E-state index is 6.34. The molecule has 1 aromatic rings. The van der Waals surface area contributed by atoms with Crippen molar-refractivity contribution in [2.45, 2.75) is 44.2 Å². The van der Waals surface area contributed by atoms with E-state index in [0.717, 1.165) is 25.4 Å². The van der Waals surface area contributed by atoms with Crippen molar-refractivity contribution in [1.82, 2.24) is 9.80 Å². The molecule has 1 aromatic carbocycles. The van der Waals surface area contributed by atoms with Gasteiger partial charge in [-0.05, 0) is 57.3 Å². The van der Waals surface area contributed by atoms with E-state index in [1.54, 1.807) is 0 Å². The molecule has 3 rings (SSSR count). The third-order valence-electron chi connectivity index (χ3n) is 5.04. The first-order valence-corrected chi connectivity index (χ1v) is 8.57. The van der Waals surface area contributed by atoms with Crippen LogP contribution in [0.2, 0.25) is 0 Å². The van der Waals surface area contributed by atoms with Crippen LogP contribution in [0.4, 0.5) is 0 Å². The maximum atomic E-state index is 6.34. The Labute approximate surface area is 129 Å². The Bertz CT molecular complexity index is 414. The summed E-state index contributed by atoms with van der Waals surface area (Å²) in [6, 6.07) is 11.8. The van der Waals surface area contributed by atoms with E-state index < -0.39 is 0 Å². The number of nitrogens with two attached hydrogens (primary N) is 1. The average molecular weight is 287 g/mol. The zero-order chi connectivity index (χ0) is 14.5. The summed E-state index contributed by atoms with van der Waals surface area (Å²) < 4.78 is 0. The minimum absolute atomic E-state index is 0.308. The van der Waals surface area contributed by atoms with Crippen LogP contribution in [-0.2, 0) is 6.42 Å². The van der Waals surface area contributed by atoms with Crippen molar-refractivity contribution in [2.24, 2.45) is 5.73 Å². The van der Waals surface area contributed by atoms with Gasteiger partial charge in [0.2, 0.25) is 0 Å². The predicted molar refractivity (Wildman–Crippen MR) is 88.4 cm³/mol. The minimum Gasteiger partial charge on any atom is -0.327 e. The molecule has 0 saturated carbocycles. The zero-order valence-corrected chi connectivity index (χ0v) is 13.1. The first kappa shape index (κ1) is 15.0. The molecule has 0 aliphatic carbocycles. The lowest BCUT2D eigenvalue weighted by molar-refractivity contribution is 0.227. The monoisotopic (exact) mass is 287 g/mol. The summed E-state index contributed by atoms with van der Waals surface area (Å²) in [7, 11) is 0. The number of nitrogens with zero attached hydrogens (tertiary/aromatic N) is 2. The van der Waals surface area contributed by atoms with Crippen LogP contribution in [0, 0.1) is 0 Å². The summed E-state index contributed by atoms with van der Waals surface area (Å²) in [5.74, 6) is 0. The largest absolute Gasteiger partial charge is 0.327 e. The topological polar surface area (TPSA) is 32.5 Å². The maximum Gasteiger partial charge on any atom is 0.0235 e. The third-order valence-corrected chi connectivity index (χ3v) is 5.04. The van der Waals surface area contributed by atoms with Crippen molar-refractivity contribution in [3.05, 3.63) is 35.9 Å². The number of rotatable bonds is 6. The second-order valence-corrected chi connectivity index (χ2v) is 6.73. The molecule has 3 nitrogen and oxygen atoms in total. The van der Waals surface area contributed by atoms with Gasteiger partial charge in [0.05, 0.1) is 0 Å². The lowest BCUT2D eigenvalue weighted by Gasteiger charge is -2.25. The Morgan fingerprint density at radius 2 is 1.86 bits per heavy atom. The fraction of sp³-hybridized carbons (Fsp3) is 0.667. The zero-order valence-electron chi connectivity index (χ0n) is 13.1. The van der Waals surface area contributed by atoms with Crippen LogP contribution in [0.1, 0.15) is 31.2 Å². The van der Waals surface area contributed by atoms with E-state index in [2.05, 4.69) is 40.1 Å². The first-order chi connectivity index (χ1) is 10.3. The van der Waals surface area contributed by atoms with Crippen LogP contribution < -0.4 is 5.73 Å². The van der Waals surface area contributed by atoms with Gasteiger partial charge in [-0.25, -0.2) is 0 Å². The second kappa shape index (κ2) is 7.39. The van der Waals surface area contributed by atoms with Gasteiger partial charge in [-0.3, -0.25) is 4.90 Å². The first-order valence-electron chi connectivity index (χ1n) is 8.57. The molecule has 2 aliphatic heterocycles. The highest BCUT2D eigenvalue weighted by molar-refractivity contribution is 5.14. The van der Waals surface area contributed by atoms with Gasteiger partial charge in [0, 0.05) is 25.2 Å². The van der Waals surface area contributed by atoms with E-state index in [4.69, 9.17) is 5.73 Å². The van der Waals surface area contributed by atoms with Crippen molar-refractivity contribution in [3.63, 3.8) is 0 Å². The lowest BCUT2D eigenvalue weighted by Crippen LogP contribution is -2.39. The minimum atomic E-state index is 0.308. The van der Waals surface area contributed by atoms with Crippen LogP contribution in [0.3, 0.4) is 0 Å². The van der Waals surface area contributed by atoms with Crippen molar-refractivity contribution in [3.8, 4) is 0 Å². The normalized spacial score (nSPS) is 25.5. The SMILES string of the molecule is NC(CCc1ccccc1)CN1CCC(N2CCCC2)C1. The van der Waals surface area contributed by atoms with Crippen LogP contribution in [-0.4, -0.2) is 54.6 Å². The van der Waals surface area contributed by atoms with Gasteiger partial charge in [0.25, 0.3) is 0 Å². The van der Waals surface area contributed by atoms with Crippen molar-refractivity contribution in [2.75, 3.05) is 32.7 Å². The molecule has 116 valence electrons. The number of hydrogen-bond donors (Lipinski definition) is 1. The van der Waals surface area contributed by atoms with Crippen LogP contribution in [0.15, 0.2) is 30.3 Å². The molecule has 0 bridgehead atoms. The van der Waals surface area contributed by atoms with E-state index in [1.165, 1.54) is 51.0 Å². The Balaban J connectivity index is 1.38. The van der Waals surface area contributed by atoms with E-state index in [-0.39, 0.29) is 0 Å². The molecule has 2 saturated heterocycles. The molecule has 2 aliphatic rings. The highest BCUT2D eigenvalue weighted by Crippen LogP contribution is 2.20. The molecule has 2 N–H and O–H groups in total. The smallest absolute Gasteiger partial charge is 0.0235 e. The number of benzene rings is 1. The van der Waals surface area contributed by atoms with Gasteiger partial charge < -0.3 is 10.6 Å². The molecule has 0 radical (unpaired) electrons. The van der Waals surface area contributed by atoms with E-state index in [1.807, 2.05) is 0 Å². The van der Waals surface area contributed by atoms with E-state index >= 15 is 0 Å². The Kier molecular flexibility index (Phi) is 5.28. The third kappa shape index (κ3) is 4.29. The number of aryl methyl sites for hydroxylation is 1. The van der Waals surface area contributed by atoms with Crippen LogP contribution in [0.25, 0.3) is 0 Å². The summed E-state index contributed by atoms with van der Waals surface area (Å²) in [5, 5.41) is 0. The molecule has 2 heterocycles. The van der Waals surface area contributed by atoms with Crippen molar-refractivity contribution >= 4 is 0 Å². The molecule has 0 aromatic heterocycles. The molecule has 0 amide bonds. The van der Waals surface area contributed by atoms with Gasteiger partial charge in [-0.1, -0.05) is 30.3 Å². The van der Waals surface area contributed by atoms with Crippen molar-refractivity contribution < 1.29 is 0 Å². The summed E-state index contributed by atoms with van der Waals surface area (Å²) in [6.45, 7) is 6.17. The van der Waals surface area contributed by atoms with E-state index in [9.17, 15) is 0 Å². The molecular weight excluding hydrogens is 258 g/mol. The highest BCUT2D eigenvalue weighted by atomic mass is 15.3. The Morgan fingerprint density at radius 1 is 1.10 bits per heavy atom. The standard InChI is InChI=1S/C18H29N3/c19-17(9-8-16-6-2-1-3-7-16)14-20-13-10-18(15-20)21-11-4-5-12-21/h1-3,6-7,17-18H,4-5,8-15,19H2. The summed E-state index contributed by atoms with van der Waals surface area (Å²) in [6.07, 6.45) is 6.33. The fourth-order valence-corrected chi connectivity index (χ4v) is 3.80. The van der Waals surface area contributed by atoms with Crippen LogP contribution in [0.5, 0.6) is 0 Å². The molecule has 2 fully saturated rings. The molecule has 21 heavy (non-hydrogen) atoms. The number of hydrogen-bond acceptors (Lipinski definition) is 3. The van der Waals surface area contributed by atoms with Crippen LogP contribution >= 0.6 is 0 Å². The predicted octanol–water partition coefficient (Wildman–Crippen LogP) is 2.12. The average Bonchev–Trinajstić information content (AvgIpc) is 3.17.